The lowest BCUT2D eigenvalue weighted by Crippen LogP contribution is -2.43. The minimum absolute atomic E-state index is 0.311. The van der Waals surface area contributed by atoms with Crippen LogP contribution in [-0.2, 0) is 4.74 Å². The number of H-pyrrole nitrogens is 1. The highest BCUT2D eigenvalue weighted by molar-refractivity contribution is 7.99. The van der Waals surface area contributed by atoms with E-state index < -0.39 is 0 Å². The molecule has 1 aliphatic rings. The molecule has 1 saturated heterocycles. The van der Waals surface area contributed by atoms with Gasteiger partial charge in [0.05, 0.1) is 22.9 Å². The van der Waals surface area contributed by atoms with Gasteiger partial charge in [-0.3, -0.25) is 5.10 Å². The smallest absolute Gasteiger partial charge is 0.409 e. The first-order valence-electron chi connectivity index (χ1n) is 8.79. The lowest BCUT2D eigenvalue weighted by Gasteiger charge is -2.26. The van der Waals surface area contributed by atoms with Gasteiger partial charge < -0.3 is 20.3 Å². The van der Waals surface area contributed by atoms with Crippen LogP contribution in [0.3, 0.4) is 0 Å². The van der Waals surface area contributed by atoms with E-state index in [9.17, 15) is 9.59 Å². The Hall–Kier alpha value is -2.68. The zero-order valence-corrected chi connectivity index (χ0v) is 16.2. The molecule has 1 aromatic carbocycles. The number of urea groups is 1. The van der Waals surface area contributed by atoms with E-state index in [1.807, 2.05) is 38.1 Å². The second-order valence-electron chi connectivity index (χ2n) is 6.20. The Morgan fingerprint density at radius 3 is 2.93 bits per heavy atom. The van der Waals surface area contributed by atoms with Gasteiger partial charge in [-0.05, 0) is 32.4 Å². The third kappa shape index (κ3) is 4.94. The Morgan fingerprint density at radius 1 is 1.37 bits per heavy atom. The predicted octanol–water partition coefficient (Wildman–Crippen LogP) is 3.14. The Kier molecular flexibility index (Phi) is 6.23. The fraction of sp³-hybridized carbons (Fsp3) is 0.389. The van der Waals surface area contributed by atoms with E-state index in [0.717, 1.165) is 33.3 Å². The number of hydrogen-bond donors (Lipinski definition) is 3. The molecule has 1 fully saturated rings. The van der Waals surface area contributed by atoms with E-state index in [-0.39, 0.29) is 12.1 Å². The van der Waals surface area contributed by atoms with Crippen molar-refractivity contribution in [3.05, 3.63) is 35.7 Å². The number of anilines is 1. The van der Waals surface area contributed by atoms with Crippen LogP contribution >= 0.6 is 11.8 Å². The van der Waals surface area contributed by atoms with Crippen molar-refractivity contribution in [3.8, 4) is 0 Å². The first-order valence-corrected chi connectivity index (χ1v) is 9.61. The highest BCUT2D eigenvalue weighted by Crippen LogP contribution is 2.36. The fourth-order valence-corrected chi connectivity index (χ4v) is 3.72. The van der Waals surface area contributed by atoms with Gasteiger partial charge in [-0.25, -0.2) is 9.59 Å². The summed E-state index contributed by atoms with van der Waals surface area (Å²) in [6.45, 7) is 5.82. The molecule has 0 atom stereocenters. The SMILES string of the molecule is Cc1n[nH]c(C)c1Sc1ccccc1NC(=O)NCCN1CCCOC1=O. The Bertz CT molecular complexity index is 804. The number of rotatable bonds is 6. The Labute approximate surface area is 162 Å². The molecule has 2 heterocycles. The van der Waals surface area contributed by atoms with Crippen LogP contribution in [0.15, 0.2) is 34.1 Å². The highest BCUT2D eigenvalue weighted by atomic mass is 32.2. The van der Waals surface area contributed by atoms with Gasteiger partial charge >= 0.3 is 12.1 Å². The van der Waals surface area contributed by atoms with Gasteiger partial charge in [-0.1, -0.05) is 23.9 Å². The van der Waals surface area contributed by atoms with Gasteiger partial charge in [0.15, 0.2) is 0 Å². The molecular weight excluding hydrogens is 366 g/mol. The minimum atomic E-state index is -0.323. The number of para-hydroxylation sites is 1. The molecular formula is C18H23N5O3S. The molecule has 0 bridgehead atoms. The zero-order valence-electron chi connectivity index (χ0n) is 15.4. The van der Waals surface area contributed by atoms with Crippen molar-refractivity contribution >= 4 is 29.6 Å². The predicted molar refractivity (Wildman–Crippen MR) is 103 cm³/mol. The number of aryl methyl sites for hydroxylation is 2. The standard InChI is InChI=1S/C18H23N5O3S/c1-12-16(13(2)22-21-12)27-15-7-4-3-6-14(15)20-17(24)19-8-10-23-9-5-11-26-18(23)25/h3-4,6-7H,5,8-11H2,1-2H3,(H,21,22)(H2,19,20,24). The maximum absolute atomic E-state index is 12.2. The fourth-order valence-electron chi connectivity index (χ4n) is 2.73. The molecule has 3 amide bonds. The summed E-state index contributed by atoms with van der Waals surface area (Å²) < 4.78 is 4.98. The number of carbonyl (C=O) groups excluding carboxylic acids is 2. The van der Waals surface area contributed by atoms with E-state index in [4.69, 9.17) is 4.74 Å². The summed E-state index contributed by atoms with van der Waals surface area (Å²) >= 11 is 1.56. The van der Waals surface area contributed by atoms with E-state index in [2.05, 4.69) is 20.8 Å². The number of amides is 3. The molecule has 1 aromatic heterocycles. The number of carbonyl (C=O) groups is 2. The molecule has 0 spiro atoms. The van der Waals surface area contributed by atoms with Crippen molar-refractivity contribution in [1.29, 1.82) is 0 Å². The van der Waals surface area contributed by atoms with Crippen molar-refractivity contribution in [2.75, 3.05) is 31.6 Å². The van der Waals surface area contributed by atoms with Crippen molar-refractivity contribution in [3.63, 3.8) is 0 Å². The number of aromatic amines is 1. The van der Waals surface area contributed by atoms with E-state index in [1.54, 1.807) is 16.7 Å². The normalized spacial score (nSPS) is 14.0. The van der Waals surface area contributed by atoms with Crippen molar-refractivity contribution in [2.45, 2.75) is 30.1 Å². The molecule has 9 heteroatoms. The van der Waals surface area contributed by atoms with Crippen LogP contribution in [0.5, 0.6) is 0 Å². The van der Waals surface area contributed by atoms with E-state index in [1.165, 1.54) is 0 Å². The number of nitrogens with zero attached hydrogens (tertiary/aromatic N) is 2. The quantitative estimate of drug-likeness (QED) is 0.705. The average Bonchev–Trinajstić information content (AvgIpc) is 2.97. The molecule has 0 saturated carbocycles. The summed E-state index contributed by atoms with van der Waals surface area (Å²) in [6.07, 6.45) is 0.492. The molecule has 2 aromatic rings. The topological polar surface area (TPSA) is 99.3 Å². The Morgan fingerprint density at radius 2 is 2.19 bits per heavy atom. The lowest BCUT2D eigenvalue weighted by atomic mass is 10.3. The van der Waals surface area contributed by atoms with E-state index >= 15 is 0 Å². The maximum atomic E-state index is 12.2. The molecule has 144 valence electrons. The van der Waals surface area contributed by atoms with Crippen LogP contribution < -0.4 is 10.6 Å². The number of cyclic esters (lactones) is 1. The number of nitrogens with one attached hydrogen (secondary N) is 3. The summed E-state index contributed by atoms with van der Waals surface area (Å²) in [5, 5.41) is 12.8. The van der Waals surface area contributed by atoms with Gasteiger partial charge in [0.1, 0.15) is 0 Å². The van der Waals surface area contributed by atoms with Crippen molar-refractivity contribution in [2.24, 2.45) is 0 Å². The van der Waals surface area contributed by atoms with Crippen molar-refractivity contribution < 1.29 is 14.3 Å². The van der Waals surface area contributed by atoms with Crippen LogP contribution in [0.4, 0.5) is 15.3 Å². The van der Waals surface area contributed by atoms with Crippen LogP contribution in [0.25, 0.3) is 0 Å². The maximum Gasteiger partial charge on any atom is 0.409 e. The Balaban J connectivity index is 1.55. The van der Waals surface area contributed by atoms with Crippen LogP contribution in [0, 0.1) is 13.8 Å². The van der Waals surface area contributed by atoms with Crippen LogP contribution in [-0.4, -0.2) is 53.5 Å². The van der Waals surface area contributed by atoms with Gasteiger partial charge in [0.2, 0.25) is 0 Å². The van der Waals surface area contributed by atoms with E-state index in [0.29, 0.717) is 26.2 Å². The van der Waals surface area contributed by atoms with Crippen molar-refractivity contribution in [1.82, 2.24) is 20.4 Å². The number of ether oxygens (including phenoxy) is 1. The third-order valence-corrected chi connectivity index (χ3v) is 5.51. The number of hydrogen-bond acceptors (Lipinski definition) is 5. The largest absolute Gasteiger partial charge is 0.449 e. The summed E-state index contributed by atoms with van der Waals surface area (Å²) in [4.78, 5) is 27.4. The minimum Gasteiger partial charge on any atom is -0.449 e. The first-order chi connectivity index (χ1) is 13.0. The van der Waals surface area contributed by atoms with Gasteiger partial charge in [-0.15, -0.1) is 0 Å². The third-order valence-electron chi connectivity index (χ3n) is 4.13. The second kappa shape index (κ2) is 8.81. The van der Waals surface area contributed by atoms with Gasteiger partial charge in [-0.2, -0.15) is 5.10 Å². The first kappa shape index (κ1) is 19.1. The second-order valence-corrected chi connectivity index (χ2v) is 7.25. The number of benzene rings is 1. The monoisotopic (exact) mass is 389 g/mol. The summed E-state index contributed by atoms with van der Waals surface area (Å²) in [5.41, 5.74) is 2.63. The van der Waals surface area contributed by atoms with Gasteiger partial charge in [0, 0.05) is 30.2 Å². The molecule has 0 radical (unpaired) electrons. The van der Waals surface area contributed by atoms with Crippen LogP contribution in [0.1, 0.15) is 17.8 Å². The zero-order chi connectivity index (χ0) is 19.2. The number of aromatic nitrogens is 2. The lowest BCUT2D eigenvalue weighted by molar-refractivity contribution is 0.0736. The van der Waals surface area contributed by atoms with Crippen LogP contribution in [0.2, 0.25) is 0 Å². The molecule has 1 aliphatic heterocycles. The molecule has 27 heavy (non-hydrogen) atoms. The summed E-state index contributed by atoms with van der Waals surface area (Å²) in [6, 6.07) is 7.30. The molecule has 0 unspecified atom stereocenters. The summed E-state index contributed by atoms with van der Waals surface area (Å²) in [7, 11) is 0. The average molecular weight is 389 g/mol. The molecule has 3 rings (SSSR count). The molecule has 3 N–H and O–H groups in total. The summed E-state index contributed by atoms with van der Waals surface area (Å²) in [5.74, 6) is 0. The molecule has 8 nitrogen and oxygen atoms in total. The van der Waals surface area contributed by atoms with Gasteiger partial charge in [0.25, 0.3) is 0 Å². The molecule has 0 aliphatic carbocycles. The highest BCUT2D eigenvalue weighted by Gasteiger charge is 2.19.